The fourth-order valence-electron chi connectivity index (χ4n) is 2.30. The van der Waals surface area contributed by atoms with Crippen LogP contribution in [0.1, 0.15) is 19.2 Å². The van der Waals surface area contributed by atoms with Gasteiger partial charge in [0.2, 0.25) is 0 Å². The van der Waals surface area contributed by atoms with E-state index in [4.69, 9.17) is 0 Å². The van der Waals surface area contributed by atoms with Crippen molar-refractivity contribution in [1.82, 2.24) is 14.9 Å². The lowest BCUT2D eigenvalue weighted by atomic mass is 10.2. The largest absolute Gasteiger partial charge is 0.373 e. The number of rotatable bonds is 4. The molecule has 1 aliphatic rings. The highest BCUT2D eigenvalue weighted by molar-refractivity contribution is 5.50. The van der Waals surface area contributed by atoms with Gasteiger partial charge in [-0.1, -0.05) is 6.92 Å². The topological polar surface area (TPSA) is 44.3 Å². The molecule has 100 valence electrons. The molecule has 0 aliphatic carbocycles. The molecule has 0 aromatic carbocycles. The molecule has 0 radical (unpaired) electrons. The molecule has 0 amide bonds. The van der Waals surface area contributed by atoms with Crippen LogP contribution in [0.5, 0.6) is 0 Å². The number of nitrogens with one attached hydrogen (secondary N) is 1. The van der Waals surface area contributed by atoms with Crippen molar-refractivity contribution in [2.24, 2.45) is 0 Å². The third kappa shape index (κ3) is 2.72. The van der Waals surface area contributed by atoms with Gasteiger partial charge in [0.1, 0.15) is 17.5 Å². The van der Waals surface area contributed by atoms with Crippen molar-refractivity contribution in [2.45, 2.75) is 25.8 Å². The summed E-state index contributed by atoms with van der Waals surface area (Å²) in [4.78, 5) is 13.7. The fraction of sp³-hybridized carbons (Fsp3) is 0.692. The molecule has 1 atom stereocenters. The van der Waals surface area contributed by atoms with Crippen molar-refractivity contribution in [2.75, 3.05) is 44.4 Å². The molecular weight excluding hydrogens is 226 g/mol. The summed E-state index contributed by atoms with van der Waals surface area (Å²) in [5.41, 5.74) is 0. The van der Waals surface area contributed by atoms with E-state index >= 15 is 0 Å². The molecule has 0 saturated carbocycles. The smallest absolute Gasteiger partial charge is 0.134 e. The van der Waals surface area contributed by atoms with Gasteiger partial charge in [-0.3, -0.25) is 0 Å². The maximum Gasteiger partial charge on any atom is 0.134 e. The van der Waals surface area contributed by atoms with Gasteiger partial charge in [-0.2, -0.15) is 0 Å². The van der Waals surface area contributed by atoms with Crippen molar-refractivity contribution in [3.8, 4) is 0 Å². The number of aromatic nitrogens is 2. The van der Waals surface area contributed by atoms with E-state index in [2.05, 4.69) is 46.1 Å². The van der Waals surface area contributed by atoms with E-state index < -0.39 is 0 Å². The highest BCUT2D eigenvalue weighted by atomic mass is 15.3. The van der Waals surface area contributed by atoms with Crippen LogP contribution < -0.4 is 10.2 Å². The van der Waals surface area contributed by atoms with Gasteiger partial charge in [-0.05, 0) is 20.5 Å². The van der Waals surface area contributed by atoms with Crippen LogP contribution in [0.15, 0.2) is 6.07 Å². The number of anilines is 2. The predicted octanol–water partition coefficient (Wildman–Crippen LogP) is 1.22. The molecule has 5 heteroatoms. The molecule has 1 N–H and O–H groups in total. The van der Waals surface area contributed by atoms with E-state index in [0.29, 0.717) is 6.04 Å². The van der Waals surface area contributed by atoms with E-state index in [0.717, 1.165) is 37.0 Å². The quantitative estimate of drug-likeness (QED) is 0.869. The highest BCUT2D eigenvalue weighted by Gasteiger charge is 2.25. The van der Waals surface area contributed by atoms with Gasteiger partial charge in [-0.15, -0.1) is 0 Å². The van der Waals surface area contributed by atoms with Crippen molar-refractivity contribution >= 4 is 11.6 Å². The van der Waals surface area contributed by atoms with E-state index in [1.54, 1.807) is 0 Å². The summed E-state index contributed by atoms with van der Waals surface area (Å²) in [5, 5.41) is 3.11. The van der Waals surface area contributed by atoms with Crippen molar-refractivity contribution in [3.05, 3.63) is 11.9 Å². The van der Waals surface area contributed by atoms with Crippen LogP contribution in [-0.2, 0) is 6.42 Å². The van der Waals surface area contributed by atoms with Gasteiger partial charge in [-0.25, -0.2) is 9.97 Å². The Balaban J connectivity index is 2.18. The number of hydrogen-bond donors (Lipinski definition) is 1. The number of aryl methyl sites for hydroxylation is 1. The third-order valence-electron chi connectivity index (χ3n) is 3.55. The Morgan fingerprint density at radius 3 is 2.78 bits per heavy atom. The van der Waals surface area contributed by atoms with Crippen molar-refractivity contribution < 1.29 is 0 Å². The minimum absolute atomic E-state index is 0.628. The zero-order chi connectivity index (χ0) is 13.1. The molecule has 0 bridgehead atoms. The van der Waals surface area contributed by atoms with Crippen molar-refractivity contribution in [3.63, 3.8) is 0 Å². The highest BCUT2D eigenvalue weighted by Crippen LogP contribution is 2.22. The number of likely N-dealkylation sites (N-methyl/N-ethyl adjacent to an activating group) is 1. The van der Waals surface area contributed by atoms with Gasteiger partial charge < -0.3 is 15.1 Å². The molecule has 0 spiro atoms. The Bertz CT molecular complexity index is 382. The van der Waals surface area contributed by atoms with Gasteiger partial charge in [0.25, 0.3) is 0 Å². The second kappa shape index (κ2) is 5.52. The lowest BCUT2D eigenvalue weighted by Gasteiger charge is -2.21. The molecule has 1 aromatic rings. The van der Waals surface area contributed by atoms with Crippen LogP contribution in [0.25, 0.3) is 0 Å². The maximum absolute atomic E-state index is 4.63. The summed E-state index contributed by atoms with van der Waals surface area (Å²) in [5.74, 6) is 2.87. The van der Waals surface area contributed by atoms with E-state index in [-0.39, 0.29) is 0 Å². The first-order chi connectivity index (χ1) is 8.63. The molecular formula is C13H23N5. The van der Waals surface area contributed by atoms with Crippen molar-refractivity contribution in [1.29, 1.82) is 0 Å². The summed E-state index contributed by atoms with van der Waals surface area (Å²) in [6.07, 6.45) is 2.07. The molecule has 1 unspecified atom stereocenters. The summed E-state index contributed by atoms with van der Waals surface area (Å²) >= 11 is 0. The zero-order valence-electron chi connectivity index (χ0n) is 11.8. The lowest BCUT2D eigenvalue weighted by molar-refractivity contribution is 0.315. The maximum atomic E-state index is 4.63. The molecule has 2 heterocycles. The average molecular weight is 249 g/mol. The summed E-state index contributed by atoms with van der Waals surface area (Å²) < 4.78 is 0. The van der Waals surface area contributed by atoms with Crippen LogP contribution in [-0.4, -0.2) is 55.1 Å². The first kappa shape index (κ1) is 13.1. The minimum Gasteiger partial charge on any atom is -0.373 e. The second-order valence-corrected chi connectivity index (χ2v) is 4.98. The average Bonchev–Trinajstić information content (AvgIpc) is 2.87. The van der Waals surface area contributed by atoms with Gasteiger partial charge in [0.05, 0.1) is 0 Å². The van der Waals surface area contributed by atoms with Crippen LogP contribution in [0.2, 0.25) is 0 Å². The molecule has 1 fully saturated rings. The van der Waals surface area contributed by atoms with Crippen LogP contribution in [0, 0.1) is 0 Å². The lowest BCUT2D eigenvalue weighted by Crippen LogP contribution is -2.31. The first-order valence-electron chi connectivity index (χ1n) is 6.61. The van der Waals surface area contributed by atoms with Crippen LogP contribution >= 0.6 is 0 Å². The monoisotopic (exact) mass is 249 g/mol. The second-order valence-electron chi connectivity index (χ2n) is 4.98. The number of nitrogens with zero attached hydrogens (tertiary/aromatic N) is 4. The van der Waals surface area contributed by atoms with Crippen LogP contribution in [0.4, 0.5) is 11.6 Å². The van der Waals surface area contributed by atoms with Crippen LogP contribution in [0.3, 0.4) is 0 Å². The van der Waals surface area contributed by atoms with E-state index in [1.807, 2.05) is 13.1 Å². The standard InChI is InChI=1S/C13H23N5/c1-5-11-15-12(14-2)8-13(16-11)18-7-6-10(9-18)17(3)4/h8,10H,5-7,9H2,1-4H3,(H,14,15,16). The molecule has 5 nitrogen and oxygen atoms in total. The van der Waals surface area contributed by atoms with Gasteiger partial charge >= 0.3 is 0 Å². The predicted molar refractivity (Wildman–Crippen MR) is 75.3 cm³/mol. The Morgan fingerprint density at radius 1 is 1.44 bits per heavy atom. The molecule has 1 saturated heterocycles. The Hall–Kier alpha value is -1.36. The van der Waals surface area contributed by atoms with E-state index in [1.165, 1.54) is 6.42 Å². The zero-order valence-corrected chi connectivity index (χ0v) is 11.8. The first-order valence-corrected chi connectivity index (χ1v) is 6.61. The Labute approximate surface area is 109 Å². The molecule has 2 rings (SSSR count). The molecule has 1 aliphatic heterocycles. The fourth-order valence-corrected chi connectivity index (χ4v) is 2.30. The summed E-state index contributed by atoms with van der Waals surface area (Å²) in [6, 6.07) is 2.67. The molecule has 18 heavy (non-hydrogen) atoms. The summed E-state index contributed by atoms with van der Waals surface area (Å²) in [7, 11) is 6.19. The minimum atomic E-state index is 0.628. The SMILES string of the molecule is CCc1nc(NC)cc(N2CCC(N(C)C)C2)n1. The Morgan fingerprint density at radius 2 is 2.22 bits per heavy atom. The summed E-state index contributed by atoms with van der Waals surface area (Å²) in [6.45, 7) is 4.22. The van der Waals surface area contributed by atoms with Gasteiger partial charge in [0.15, 0.2) is 0 Å². The van der Waals surface area contributed by atoms with Gasteiger partial charge in [0, 0.05) is 38.7 Å². The molecule has 1 aromatic heterocycles. The van der Waals surface area contributed by atoms with E-state index in [9.17, 15) is 0 Å². The Kier molecular flexibility index (Phi) is 4.01. The third-order valence-corrected chi connectivity index (χ3v) is 3.55. The number of hydrogen-bond acceptors (Lipinski definition) is 5. The normalized spacial score (nSPS) is 19.6.